The van der Waals surface area contributed by atoms with Gasteiger partial charge in [-0.3, -0.25) is 9.48 Å². The number of pyridine rings is 2. The number of fused-ring (bicyclic) bond motifs is 1. The Kier molecular flexibility index (Phi) is 5.30. The number of rotatable bonds is 6. The van der Waals surface area contributed by atoms with E-state index in [9.17, 15) is 9.90 Å². The molecule has 4 aromatic rings. The minimum atomic E-state index is -0.0679. The minimum absolute atomic E-state index is 0.0366. The van der Waals surface area contributed by atoms with Gasteiger partial charge in [0.25, 0.3) is 0 Å². The van der Waals surface area contributed by atoms with Gasteiger partial charge in [-0.15, -0.1) is 0 Å². The van der Waals surface area contributed by atoms with Gasteiger partial charge < -0.3 is 16.2 Å². The molecule has 0 radical (unpaired) electrons. The maximum atomic E-state index is 12.8. The van der Waals surface area contributed by atoms with E-state index < -0.39 is 0 Å². The summed E-state index contributed by atoms with van der Waals surface area (Å²) in [6, 6.07) is 9.87. The van der Waals surface area contributed by atoms with Gasteiger partial charge in [-0.25, -0.2) is 9.97 Å². The number of nitrogen functional groups attached to an aromatic ring is 1. The highest BCUT2D eigenvalue weighted by molar-refractivity contribution is 5.98. The molecule has 8 nitrogen and oxygen atoms in total. The Labute approximate surface area is 191 Å². The van der Waals surface area contributed by atoms with Crippen LogP contribution < -0.4 is 11.1 Å². The molecule has 0 unspecified atom stereocenters. The Morgan fingerprint density at radius 3 is 2.88 bits per heavy atom. The van der Waals surface area contributed by atoms with Crippen LogP contribution in [0.4, 0.5) is 11.6 Å². The summed E-state index contributed by atoms with van der Waals surface area (Å²) in [7, 11) is 1.87. The molecule has 1 aliphatic rings. The highest BCUT2D eigenvalue weighted by atomic mass is 16.3. The zero-order valence-corrected chi connectivity index (χ0v) is 18.6. The van der Waals surface area contributed by atoms with Crippen LogP contribution in [0.1, 0.15) is 29.0 Å². The van der Waals surface area contributed by atoms with Gasteiger partial charge in [0.2, 0.25) is 5.91 Å². The average molecular weight is 443 g/mol. The summed E-state index contributed by atoms with van der Waals surface area (Å²) in [5.41, 5.74) is 11.2. The van der Waals surface area contributed by atoms with Crippen LogP contribution in [-0.2, 0) is 18.3 Å². The fourth-order valence-electron chi connectivity index (χ4n) is 4.31. The smallest absolute Gasteiger partial charge is 0.229 e. The number of amides is 1. The van der Waals surface area contributed by atoms with Gasteiger partial charge in [0.05, 0.1) is 11.9 Å². The third-order valence-electron chi connectivity index (χ3n) is 6.25. The largest absolute Gasteiger partial charge is 0.396 e. The molecule has 8 heteroatoms. The van der Waals surface area contributed by atoms with E-state index in [4.69, 9.17) is 5.73 Å². The molecule has 1 fully saturated rings. The molecular weight excluding hydrogens is 416 g/mol. The number of hydrogen-bond donors (Lipinski definition) is 3. The molecule has 0 aliphatic heterocycles. The van der Waals surface area contributed by atoms with Crippen LogP contribution in [0.3, 0.4) is 0 Å². The maximum absolute atomic E-state index is 12.8. The molecule has 1 aliphatic carbocycles. The molecule has 33 heavy (non-hydrogen) atoms. The van der Waals surface area contributed by atoms with E-state index in [1.54, 1.807) is 10.9 Å². The third kappa shape index (κ3) is 4.17. The van der Waals surface area contributed by atoms with E-state index in [0.717, 1.165) is 45.1 Å². The summed E-state index contributed by atoms with van der Waals surface area (Å²) in [4.78, 5) is 21.7. The van der Waals surface area contributed by atoms with Gasteiger partial charge in [-0.05, 0) is 66.0 Å². The van der Waals surface area contributed by atoms with Gasteiger partial charge in [0.1, 0.15) is 11.6 Å². The van der Waals surface area contributed by atoms with Crippen molar-refractivity contribution in [2.75, 3.05) is 17.7 Å². The molecule has 4 N–H and O–H groups in total. The lowest BCUT2D eigenvalue weighted by molar-refractivity contribution is -0.117. The van der Waals surface area contributed by atoms with Crippen LogP contribution in [0.2, 0.25) is 0 Å². The molecule has 3 heterocycles. The normalized spacial score (nSPS) is 17.3. The minimum Gasteiger partial charge on any atom is -0.396 e. The highest BCUT2D eigenvalue weighted by Crippen LogP contribution is 2.47. The van der Waals surface area contributed by atoms with E-state index in [2.05, 4.69) is 20.4 Å². The number of carbonyl (C=O) groups is 1. The number of aromatic nitrogens is 4. The molecule has 0 bridgehead atoms. The van der Waals surface area contributed by atoms with Crippen LogP contribution in [0.25, 0.3) is 22.0 Å². The number of nitrogens with zero attached hydrogens (tertiary/aromatic N) is 4. The molecule has 2 atom stereocenters. The number of anilines is 2. The lowest BCUT2D eigenvalue weighted by atomic mass is 9.99. The topological polar surface area (TPSA) is 119 Å². The second-order valence-electron chi connectivity index (χ2n) is 8.69. The zero-order valence-electron chi connectivity index (χ0n) is 18.6. The SMILES string of the molecule is Cc1ccc(CCO)cc1-c1cc2cc(NC(=O)[C@@H]3C[C@H]3c3cnn(C)c3)ncc2c(N)n1. The summed E-state index contributed by atoms with van der Waals surface area (Å²) in [5.74, 6) is 0.984. The molecule has 0 saturated heterocycles. The van der Waals surface area contributed by atoms with Crippen LogP contribution in [0, 0.1) is 12.8 Å². The quantitative estimate of drug-likeness (QED) is 0.422. The second kappa shape index (κ2) is 8.29. The van der Waals surface area contributed by atoms with Gasteiger partial charge in [-0.2, -0.15) is 5.10 Å². The Bertz CT molecular complexity index is 1360. The highest BCUT2D eigenvalue weighted by Gasteiger charge is 2.44. The number of aliphatic hydroxyl groups excluding tert-OH is 1. The van der Waals surface area contributed by atoms with Gasteiger partial charge in [0, 0.05) is 42.9 Å². The third-order valence-corrected chi connectivity index (χ3v) is 6.25. The van der Waals surface area contributed by atoms with Crippen LogP contribution in [0.5, 0.6) is 0 Å². The van der Waals surface area contributed by atoms with E-state index in [1.165, 1.54) is 0 Å². The van der Waals surface area contributed by atoms with E-state index in [0.29, 0.717) is 18.1 Å². The van der Waals surface area contributed by atoms with E-state index >= 15 is 0 Å². The number of carbonyl (C=O) groups excluding carboxylic acids is 1. The van der Waals surface area contributed by atoms with Crippen molar-refractivity contribution in [3.05, 3.63) is 65.6 Å². The Hall–Kier alpha value is -3.78. The standard InChI is InChI=1S/C25H26N6O2/c1-14-3-4-15(5-6-32)7-18(14)22-8-16-9-23(27-12-21(16)24(26)29-22)30-25(33)20-10-19(20)17-11-28-31(2)13-17/h3-4,7-9,11-13,19-20,32H,5-6,10H2,1-2H3,(H2,26,29)(H,27,30,33)/t19-,20+/m0/s1. The summed E-state index contributed by atoms with van der Waals surface area (Å²) >= 11 is 0. The number of aryl methyl sites for hydroxylation is 2. The maximum Gasteiger partial charge on any atom is 0.229 e. The summed E-state index contributed by atoms with van der Waals surface area (Å²) in [5, 5.41) is 18.0. The van der Waals surface area contributed by atoms with Crippen molar-refractivity contribution >= 4 is 28.3 Å². The average Bonchev–Trinajstić information content (AvgIpc) is 3.48. The van der Waals surface area contributed by atoms with Gasteiger partial charge >= 0.3 is 0 Å². The van der Waals surface area contributed by atoms with Gasteiger partial charge in [0.15, 0.2) is 0 Å². The van der Waals surface area contributed by atoms with Crippen molar-refractivity contribution in [1.82, 2.24) is 19.7 Å². The first-order valence-corrected chi connectivity index (χ1v) is 11.0. The molecular formula is C25H26N6O2. The lowest BCUT2D eigenvalue weighted by Gasteiger charge is -2.12. The Morgan fingerprint density at radius 1 is 1.27 bits per heavy atom. The monoisotopic (exact) mass is 442 g/mol. The van der Waals surface area contributed by atoms with Crippen LogP contribution in [-0.4, -0.2) is 37.4 Å². The van der Waals surface area contributed by atoms with Gasteiger partial charge in [-0.1, -0.05) is 12.1 Å². The molecule has 5 rings (SSSR count). The molecule has 3 aromatic heterocycles. The van der Waals surface area contributed by atoms with Crippen molar-refractivity contribution < 1.29 is 9.90 Å². The van der Waals surface area contributed by atoms with Crippen molar-refractivity contribution in [2.45, 2.75) is 25.7 Å². The number of benzene rings is 1. The lowest BCUT2D eigenvalue weighted by Crippen LogP contribution is -2.15. The number of nitrogens with two attached hydrogens (primary N) is 1. The first-order chi connectivity index (χ1) is 15.9. The van der Waals surface area contributed by atoms with Crippen molar-refractivity contribution in [3.63, 3.8) is 0 Å². The molecule has 1 saturated carbocycles. The molecule has 1 aromatic carbocycles. The predicted octanol–water partition coefficient (Wildman–Crippen LogP) is 3.20. The molecule has 1 amide bonds. The summed E-state index contributed by atoms with van der Waals surface area (Å²) in [6.45, 7) is 2.11. The van der Waals surface area contributed by atoms with E-state index in [1.807, 2.05) is 56.7 Å². The number of aliphatic hydroxyl groups is 1. The number of hydrogen-bond acceptors (Lipinski definition) is 6. The van der Waals surface area contributed by atoms with Crippen molar-refractivity contribution in [3.8, 4) is 11.3 Å². The van der Waals surface area contributed by atoms with Crippen molar-refractivity contribution in [1.29, 1.82) is 0 Å². The fraction of sp³-hybridized carbons (Fsp3) is 0.280. The summed E-state index contributed by atoms with van der Waals surface area (Å²) < 4.78 is 1.75. The zero-order chi connectivity index (χ0) is 23.1. The first-order valence-electron chi connectivity index (χ1n) is 11.0. The van der Waals surface area contributed by atoms with Crippen molar-refractivity contribution in [2.24, 2.45) is 13.0 Å². The predicted molar refractivity (Wildman–Crippen MR) is 128 cm³/mol. The Morgan fingerprint density at radius 2 is 2.12 bits per heavy atom. The fourth-order valence-corrected chi connectivity index (χ4v) is 4.31. The molecule has 168 valence electrons. The molecule has 0 spiro atoms. The first kappa shape index (κ1) is 21.1. The Balaban J connectivity index is 1.41. The summed E-state index contributed by atoms with van der Waals surface area (Å²) in [6.07, 6.45) is 6.83. The van der Waals surface area contributed by atoms with Crippen LogP contribution >= 0.6 is 0 Å². The van der Waals surface area contributed by atoms with Crippen LogP contribution in [0.15, 0.2) is 48.9 Å². The second-order valence-corrected chi connectivity index (χ2v) is 8.69. The van der Waals surface area contributed by atoms with E-state index in [-0.39, 0.29) is 24.3 Å². The number of nitrogens with one attached hydrogen (secondary N) is 1.